The fourth-order valence-electron chi connectivity index (χ4n) is 11.8. The maximum absolute atomic E-state index is 2.40. The molecule has 0 aromatic heterocycles. The Balaban J connectivity index is 1.09. The van der Waals surface area contributed by atoms with Gasteiger partial charge in [-0.25, -0.2) is 0 Å². The molecule has 0 bridgehead atoms. The number of benzene rings is 9. The lowest BCUT2D eigenvalue weighted by molar-refractivity contribution is 1.28. The van der Waals surface area contributed by atoms with E-state index in [0.717, 1.165) is 17.1 Å². The molecule has 0 spiro atoms. The molecule has 350 valence electrons. The predicted octanol–water partition coefficient (Wildman–Crippen LogP) is 19.8. The van der Waals surface area contributed by atoms with Crippen molar-refractivity contribution in [3.05, 3.63) is 229 Å². The topological polar surface area (TPSA) is 3.24 Å². The van der Waals surface area contributed by atoms with Crippen LogP contribution in [0.2, 0.25) is 0 Å². The van der Waals surface area contributed by atoms with Crippen molar-refractivity contribution in [2.75, 3.05) is 4.90 Å². The first-order valence-corrected chi connectivity index (χ1v) is 25.1. The van der Waals surface area contributed by atoms with E-state index in [9.17, 15) is 0 Å². The molecule has 0 heterocycles. The lowest BCUT2D eigenvalue weighted by atomic mass is 9.87. The van der Waals surface area contributed by atoms with Crippen molar-refractivity contribution in [1.29, 1.82) is 0 Å². The molecule has 9 aromatic rings. The number of nitrogens with zero attached hydrogens (tertiary/aromatic N) is 1. The highest BCUT2D eigenvalue weighted by Crippen LogP contribution is 2.42. The van der Waals surface area contributed by atoms with Crippen molar-refractivity contribution < 1.29 is 0 Å². The number of anilines is 3. The van der Waals surface area contributed by atoms with E-state index in [0.29, 0.717) is 0 Å². The summed E-state index contributed by atoms with van der Waals surface area (Å²) in [7, 11) is 0. The van der Waals surface area contributed by atoms with Gasteiger partial charge in [0.25, 0.3) is 0 Å². The van der Waals surface area contributed by atoms with Crippen molar-refractivity contribution in [1.82, 2.24) is 0 Å². The van der Waals surface area contributed by atoms with Crippen LogP contribution in [-0.2, 0) is 0 Å². The maximum atomic E-state index is 2.40. The lowest BCUT2D eigenvalue weighted by Crippen LogP contribution is -2.10. The quantitative estimate of drug-likeness (QED) is 0.139. The normalized spacial score (nSPS) is 11.4. The summed E-state index contributed by atoms with van der Waals surface area (Å²) in [5.41, 5.74) is 38.4. The van der Waals surface area contributed by atoms with Crippen LogP contribution in [0, 0.1) is 104 Å². The van der Waals surface area contributed by atoms with Gasteiger partial charge in [-0.15, -0.1) is 0 Å². The molecule has 0 aliphatic rings. The maximum Gasteiger partial charge on any atom is 0.0462 e. The molecule has 0 fully saturated rings. The minimum atomic E-state index is 1.11. The van der Waals surface area contributed by atoms with Gasteiger partial charge in [-0.1, -0.05) is 126 Å². The number of hydrogen-bond donors (Lipinski definition) is 0. The molecular weight excluding hydrogens is 843 g/mol. The van der Waals surface area contributed by atoms with E-state index < -0.39 is 0 Å². The van der Waals surface area contributed by atoms with E-state index in [1.165, 1.54) is 150 Å². The molecule has 0 amide bonds. The van der Waals surface area contributed by atoms with E-state index in [1.807, 2.05) is 0 Å². The Hall–Kier alpha value is -7.22. The highest BCUT2D eigenvalue weighted by Gasteiger charge is 2.19. The summed E-state index contributed by atoms with van der Waals surface area (Å²) >= 11 is 0. The molecule has 0 saturated carbocycles. The number of rotatable bonds is 9. The van der Waals surface area contributed by atoms with Crippen molar-refractivity contribution in [3.8, 4) is 66.8 Å². The second-order valence-corrected chi connectivity index (χ2v) is 20.7. The molecule has 0 radical (unpaired) electrons. The monoisotopic (exact) mass is 912 g/mol. The Labute approximate surface area is 419 Å². The van der Waals surface area contributed by atoms with Crippen molar-refractivity contribution in [2.45, 2.75) is 104 Å². The van der Waals surface area contributed by atoms with E-state index >= 15 is 0 Å². The minimum Gasteiger partial charge on any atom is -0.311 e. The molecule has 1 nitrogen and oxygen atoms in total. The molecule has 0 aliphatic heterocycles. The Bertz CT molecular complexity index is 3050. The van der Waals surface area contributed by atoms with Crippen molar-refractivity contribution in [3.63, 3.8) is 0 Å². The summed E-state index contributed by atoms with van der Waals surface area (Å²) in [6, 6.07) is 55.6. The van der Waals surface area contributed by atoms with Gasteiger partial charge in [-0.3, -0.25) is 0 Å². The van der Waals surface area contributed by atoms with Crippen LogP contribution in [0.5, 0.6) is 0 Å². The fourth-order valence-corrected chi connectivity index (χ4v) is 11.8. The third-order valence-electron chi connectivity index (χ3n) is 14.9. The molecule has 70 heavy (non-hydrogen) atoms. The largest absolute Gasteiger partial charge is 0.311 e. The molecule has 0 saturated heterocycles. The minimum absolute atomic E-state index is 1.11. The first-order valence-electron chi connectivity index (χ1n) is 25.1. The van der Waals surface area contributed by atoms with Crippen LogP contribution in [0.1, 0.15) is 83.5 Å². The molecule has 0 N–H and O–H groups in total. The first-order chi connectivity index (χ1) is 33.4. The lowest BCUT2D eigenvalue weighted by Gasteiger charge is -2.26. The van der Waals surface area contributed by atoms with Gasteiger partial charge >= 0.3 is 0 Å². The van der Waals surface area contributed by atoms with Crippen LogP contribution in [-0.4, -0.2) is 0 Å². The Morgan fingerprint density at radius 3 is 0.600 bits per heavy atom. The van der Waals surface area contributed by atoms with Crippen LogP contribution in [0.4, 0.5) is 17.1 Å². The smallest absolute Gasteiger partial charge is 0.0462 e. The van der Waals surface area contributed by atoms with Gasteiger partial charge in [0, 0.05) is 17.1 Å². The zero-order chi connectivity index (χ0) is 49.9. The standard InChI is InChI=1S/C69H69N/c1-40-28-49(10)67(50(11)29-40)64-37-43(4)61(34-46(64)7)55-16-22-58(23-17-55)70(59-24-18-56(19-25-59)62-35-47(8)65(38-44(62)5)68-51(12)30-41(2)31-52(68)13)60-26-20-57(21-27-60)63-36-48(9)66(39-45(63)6)69-53(14)32-42(3)33-54(69)15/h16-39H,1-15H3. The average molecular weight is 912 g/mol. The molecule has 9 rings (SSSR count). The van der Waals surface area contributed by atoms with Gasteiger partial charge in [-0.2, -0.15) is 0 Å². The highest BCUT2D eigenvalue weighted by molar-refractivity contribution is 5.86. The molecule has 0 aliphatic carbocycles. The summed E-state index contributed by atoms with van der Waals surface area (Å²) in [6.07, 6.45) is 0. The number of aryl methyl sites for hydroxylation is 15. The fraction of sp³-hybridized carbons (Fsp3) is 0.217. The first kappa shape index (κ1) is 47.8. The van der Waals surface area contributed by atoms with Gasteiger partial charge < -0.3 is 4.90 Å². The Kier molecular flexibility index (Phi) is 12.9. The van der Waals surface area contributed by atoms with Crippen LogP contribution in [0.3, 0.4) is 0 Å². The summed E-state index contributed by atoms with van der Waals surface area (Å²) in [6.45, 7) is 33.5. The molecule has 9 aromatic carbocycles. The van der Waals surface area contributed by atoms with E-state index in [1.54, 1.807) is 0 Å². The average Bonchev–Trinajstić information content (AvgIpc) is 3.29. The van der Waals surface area contributed by atoms with Crippen LogP contribution in [0.25, 0.3) is 66.8 Å². The second kappa shape index (κ2) is 18.9. The second-order valence-electron chi connectivity index (χ2n) is 20.7. The summed E-state index contributed by atoms with van der Waals surface area (Å²) in [5.74, 6) is 0. The van der Waals surface area contributed by atoms with E-state index in [-0.39, 0.29) is 0 Å². The Morgan fingerprint density at radius 1 is 0.200 bits per heavy atom. The third kappa shape index (κ3) is 9.07. The summed E-state index contributed by atoms with van der Waals surface area (Å²) < 4.78 is 0. The molecule has 0 unspecified atom stereocenters. The van der Waals surface area contributed by atoms with E-state index in [4.69, 9.17) is 0 Å². The van der Waals surface area contributed by atoms with Gasteiger partial charge in [0.05, 0.1) is 0 Å². The zero-order valence-corrected chi connectivity index (χ0v) is 44.3. The zero-order valence-electron chi connectivity index (χ0n) is 44.3. The highest BCUT2D eigenvalue weighted by atomic mass is 15.1. The van der Waals surface area contributed by atoms with Gasteiger partial charge in [-0.05, 0) is 274 Å². The van der Waals surface area contributed by atoms with Crippen LogP contribution < -0.4 is 4.90 Å². The third-order valence-corrected chi connectivity index (χ3v) is 14.9. The van der Waals surface area contributed by atoms with Crippen molar-refractivity contribution >= 4 is 17.1 Å². The van der Waals surface area contributed by atoms with Gasteiger partial charge in [0.1, 0.15) is 0 Å². The van der Waals surface area contributed by atoms with Gasteiger partial charge in [0.15, 0.2) is 0 Å². The van der Waals surface area contributed by atoms with E-state index in [2.05, 4.69) is 254 Å². The Morgan fingerprint density at radius 2 is 0.386 bits per heavy atom. The SMILES string of the molecule is Cc1cc(C)c(-c2cc(C)c(-c3ccc(N(c4ccc(-c5cc(C)c(-c6c(C)cc(C)cc6C)cc5C)cc4)c4ccc(-c5cc(C)c(-c6c(C)cc(C)cc6C)cc5C)cc4)cc3)cc2C)c(C)c1. The molecular formula is C69H69N. The van der Waals surface area contributed by atoms with Gasteiger partial charge in [0.2, 0.25) is 0 Å². The predicted molar refractivity (Wildman–Crippen MR) is 305 cm³/mol. The molecule has 1 heteroatoms. The summed E-state index contributed by atoms with van der Waals surface area (Å²) in [5, 5.41) is 0. The van der Waals surface area contributed by atoms with Crippen LogP contribution >= 0.6 is 0 Å². The molecule has 0 atom stereocenters. The number of hydrogen-bond acceptors (Lipinski definition) is 1. The van der Waals surface area contributed by atoms with Crippen molar-refractivity contribution in [2.24, 2.45) is 0 Å². The summed E-state index contributed by atoms with van der Waals surface area (Å²) in [4.78, 5) is 2.40. The van der Waals surface area contributed by atoms with Crippen LogP contribution in [0.15, 0.2) is 146 Å².